The number of nitrogens with zero attached hydrogens (tertiary/aromatic N) is 4. The van der Waals surface area contributed by atoms with E-state index in [9.17, 15) is 22.8 Å². The quantitative estimate of drug-likeness (QED) is 0.440. The van der Waals surface area contributed by atoms with Gasteiger partial charge in [-0.1, -0.05) is 24.6 Å². The molecule has 3 amide bonds. The standard InChI is InChI=1S/C31H35N5O5S/c1-30(13-15-34(16-14-30)42(40,41)31(2)11-4-12-31)35-19-20(18-32-35)17-21-7-8-24-27-22(21)5-3-6-23(27)29(39)36(24)25-9-10-26(37)33-28(25)38/h3,5-8,18-19,25H,4,9-17H2,1-2H3,(H,33,37,38). The van der Waals surface area contributed by atoms with Gasteiger partial charge in [-0.25, -0.2) is 12.7 Å². The van der Waals surface area contributed by atoms with Crippen LogP contribution >= 0.6 is 0 Å². The SMILES string of the molecule is CC1(n2cc(Cc3ccc4c5c(cccc35)C(=O)N4C3CCC(=O)NC3=O)cn2)CCN(S(=O)(=O)C2(C)CCC2)CC1. The molecule has 3 aliphatic heterocycles. The molecule has 4 heterocycles. The van der Waals surface area contributed by atoms with E-state index in [1.54, 1.807) is 15.3 Å². The number of benzene rings is 2. The second kappa shape index (κ2) is 9.47. The Kier molecular flexibility index (Phi) is 6.15. The van der Waals surface area contributed by atoms with Crippen LogP contribution in [0, 0.1) is 0 Å². The van der Waals surface area contributed by atoms with Crippen LogP contribution in [-0.2, 0) is 31.6 Å². The maximum Gasteiger partial charge on any atom is 0.259 e. The van der Waals surface area contributed by atoms with Gasteiger partial charge in [0, 0.05) is 43.1 Å². The lowest BCUT2D eigenvalue weighted by atomic mass is 9.86. The van der Waals surface area contributed by atoms with Gasteiger partial charge in [-0.2, -0.15) is 5.10 Å². The smallest absolute Gasteiger partial charge is 0.259 e. The summed E-state index contributed by atoms with van der Waals surface area (Å²) in [5.41, 5.74) is 3.06. The fraction of sp³-hybridized carbons (Fsp3) is 0.484. The van der Waals surface area contributed by atoms with Gasteiger partial charge in [0.05, 0.1) is 22.2 Å². The summed E-state index contributed by atoms with van der Waals surface area (Å²) in [6, 6.07) is 8.85. The van der Waals surface area contributed by atoms with Crippen molar-refractivity contribution in [1.29, 1.82) is 0 Å². The molecular weight excluding hydrogens is 554 g/mol. The fourth-order valence-electron chi connectivity index (χ4n) is 7.11. The van der Waals surface area contributed by atoms with E-state index in [0.29, 0.717) is 50.0 Å². The third kappa shape index (κ3) is 4.04. The summed E-state index contributed by atoms with van der Waals surface area (Å²) in [6.45, 7) is 5.02. The zero-order valence-electron chi connectivity index (χ0n) is 23.9. The van der Waals surface area contributed by atoms with Crippen molar-refractivity contribution < 1.29 is 22.8 Å². The predicted octanol–water partition coefficient (Wildman–Crippen LogP) is 3.48. The Morgan fingerprint density at radius 3 is 2.48 bits per heavy atom. The van der Waals surface area contributed by atoms with Gasteiger partial charge in [-0.05, 0) is 74.6 Å². The van der Waals surface area contributed by atoms with E-state index >= 15 is 0 Å². The Bertz CT molecular complexity index is 1750. The Morgan fingerprint density at radius 2 is 1.79 bits per heavy atom. The molecule has 10 nitrogen and oxygen atoms in total. The van der Waals surface area contributed by atoms with Crippen molar-refractivity contribution in [3.05, 3.63) is 59.4 Å². The molecule has 3 fully saturated rings. The van der Waals surface area contributed by atoms with Crippen LogP contribution in [0.2, 0.25) is 0 Å². The molecule has 1 aliphatic carbocycles. The minimum atomic E-state index is -3.30. The lowest BCUT2D eigenvalue weighted by Gasteiger charge is -2.45. The first kappa shape index (κ1) is 27.3. The number of carbonyl (C=O) groups is 3. The largest absolute Gasteiger partial charge is 0.295 e. The van der Waals surface area contributed by atoms with Crippen LogP contribution in [0.5, 0.6) is 0 Å². The Balaban J connectivity index is 1.11. The number of imide groups is 1. The van der Waals surface area contributed by atoms with E-state index in [2.05, 4.69) is 18.4 Å². The number of anilines is 1. The molecule has 1 saturated carbocycles. The summed E-state index contributed by atoms with van der Waals surface area (Å²) in [5.74, 6) is -0.970. The number of nitrogens with one attached hydrogen (secondary N) is 1. The van der Waals surface area contributed by atoms with E-state index in [1.807, 2.05) is 42.1 Å². The first-order valence-corrected chi connectivity index (χ1v) is 16.2. The predicted molar refractivity (Wildman–Crippen MR) is 158 cm³/mol. The molecule has 2 aromatic carbocycles. The first-order chi connectivity index (χ1) is 20.0. The molecule has 0 bridgehead atoms. The fourth-order valence-corrected chi connectivity index (χ4v) is 9.20. The van der Waals surface area contributed by atoms with Crippen LogP contribution in [0.15, 0.2) is 42.7 Å². The van der Waals surface area contributed by atoms with Crippen LogP contribution in [-0.4, -0.2) is 64.1 Å². The molecule has 1 N–H and O–H groups in total. The normalized spacial score (nSPS) is 23.7. The van der Waals surface area contributed by atoms with Gasteiger partial charge in [0.15, 0.2) is 0 Å². The molecule has 3 aromatic rings. The molecule has 7 rings (SSSR count). The number of hydrogen-bond acceptors (Lipinski definition) is 6. The maximum atomic E-state index is 13.5. The summed E-state index contributed by atoms with van der Waals surface area (Å²) in [7, 11) is -3.30. The molecule has 0 radical (unpaired) electrons. The summed E-state index contributed by atoms with van der Waals surface area (Å²) < 4.78 is 29.5. The third-order valence-corrected chi connectivity index (χ3v) is 12.8. The average molecular weight is 590 g/mol. The van der Waals surface area contributed by atoms with Gasteiger partial charge >= 0.3 is 0 Å². The summed E-state index contributed by atoms with van der Waals surface area (Å²) in [6.07, 6.45) is 8.90. The highest BCUT2D eigenvalue weighted by atomic mass is 32.2. The van der Waals surface area contributed by atoms with Crippen LogP contribution in [0.25, 0.3) is 10.8 Å². The van der Waals surface area contributed by atoms with Crippen molar-refractivity contribution in [3.63, 3.8) is 0 Å². The van der Waals surface area contributed by atoms with Gasteiger partial charge in [-0.3, -0.25) is 29.3 Å². The number of amides is 3. The van der Waals surface area contributed by atoms with Crippen molar-refractivity contribution in [2.45, 2.75) is 81.5 Å². The minimum absolute atomic E-state index is 0.202. The zero-order chi connectivity index (χ0) is 29.4. The molecule has 42 heavy (non-hydrogen) atoms. The minimum Gasteiger partial charge on any atom is -0.295 e. The third-order valence-electron chi connectivity index (χ3n) is 10.1. The summed E-state index contributed by atoms with van der Waals surface area (Å²) in [4.78, 5) is 39.3. The van der Waals surface area contributed by atoms with Crippen molar-refractivity contribution in [3.8, 4) is 0 Å². The van der Waals surface area contributed by atoms with Crippen molar-refractivity contribution in [2.75, 3.05) is 18.0 Å². The highest BCUT2D eigenvalue weighted by Gasteiger charge is 2.49. The van der Waals surface area contributed by atoms with Crippen LogP contribution in [0.3, 0.4) is 0 Å². The number of carbonyl (C=O) groups excluding carboxylic acids is 3. The van der Waals surface area contributed by atoms with Gasteiger partial charge in [-0.15, -0.1) is 0 Å². The second-order valence-corrected chi connectivity index (χ2v) is 15.2. The van der Waals surface area contributed by atoms with E-state index in [0.717, 1.165) is 41.2 Å². The van der Waals surface area contributed by atoms with Crippen LogP contribution < -0.4 is 10.2 Å². The molecule has 11 heteroatoms. The monoisotopic (exact) mass is 589 g/mol. The molecule has 0 spiro atoms. The number of aromatic nitrogens is 2. The van der Waals surface area contributed by atoms with E-state index in [-0.39, 0.29) is 23.8 Å². The first-order valence-electron chi connectivity index (χ1n) is 14.8. The highest BCUT2D eigenvalue weighted by Crippen LogP contribution is 2.43. The second-order valence-electron chi connectivity index (χ2n) is 12.8. The van der Waals surface area contributed by atoms with Crippen molar-refractivity contribution in [1.82, 2.24) is 19.4 Å². The molecule has 2 saturated heterocycles. The number of rotatable bonds is 6. The van der Waals surface area contributed by atoms with Gasteiger partial charge < -0.3 is 0 Å². The molecule has 4 aliphatic rings. The number of piperidine rings is 2. The van der Waals surface area contributed by atoms with Gasteiger partial charge in [0.1, 0.15) is 6.04 Å². The average Bonchev–Trinajstić information content (AvgIpc) is 3.53. The number of hydrogen-bond donors (Lipinski definition) is 1. The Hall–Kier alpha value is -3.57. The molecule has 1 atom stereocenters. The van der Waals surface area contributed by atoms with Crippen LogP contribution in [0.4, 0.5) is 5.69 Å². The van der Waals surface area contributed by atoms with Gasteiger partial charge in [0.25, 0.3) is 5.91 Å². The summed E-state index contributed by atoms with van der Waals surface area (Å²) >= 11 is 0. The molecular formula is C31H35N5O5S. The Morgan fingerprint density at radius 1 is 1.02 bits per heavy atom. The van der Waals surface area contributed by atoms with Gasteiger partial charge in [0.2, 0.25) is 21.8 Å². The van der Waals surface area contributed by atoms with E-state index in [1.165, 1.54) is 0 Å². The molecule has 1 unspecified atom stereocenters. The molecule has 1 aromatic heterocycles. The maximum absolute atomic E-state index is 13.5. The lowest BCUT2D eigenvalue weighted by molar-refractivity contribution is -0.134. The Labute approximate surface area is 245 Å². The van der Waals surface area contributed by atoms with E-state index < -0.39 is 26.7 Å². The topological polar surface area (TPSA) is 122 Å². The lowest BCUT2D eigenvalue weighted by Crippen LogP contribution is -2.55. The molecule has 220 valence electrons. The van der Waals surface area contributed by atoms with Crippen molar-refractivity contribution >= 4 is 44.2 Å². The van der Waals surface area contributed by atoms with Crippen LogP contribution in [0.1, 0.15) is 80.3 Å². The zero-order valence-corrected chi connectivity index (χ0v) is 24.7. The highest BCUT2D eigenvalue weighted by molar-refractivity contribution is 7.90. The van der Waals surface area contributed by atoms with E-state index in [4.69, 9.17) is 5.10 Å². The summed E-state index contributed by atoms with van der Waals surface area (Å²) in [5, 5.41) is 8.87. The number of sulfonamides is 1. The van der Waals surface area contributed by atoms with Crippen molar-refractivity contribution in [2.24, 2.45) is 0 Å².